The van der Waals surface area contributed by atoms with Crippen molar-refractivity contribution in [3.63, 3.8) is 0 Å². The van der Waals surface area contributed by atoms with Crippen molar-refractivity contribution in [2.24, 2.45) is 52.3 Å². The molecule has 4 aliphatic carbocycles. The zero-order chi connectivity index (χ0) is 27.0. The third kappa shape index (κ3) is 5.69. The minimum absolute atomic E-state index is 0.0245. The Morgan fingerprint density at radius 3 is 2.46 bits per heavy atom. The van der Waals surface area contributed by atoms with Crippen LogP contribution >= 0.6 is 0 Å². The van der Waals surface area contributed by atoms with Crippen molar-refractivity contribution >= 4 is 11.9 Å². The highest BCUT2D eigenvalue weighted by molar-refractivity contribution is 5.76. The van der Waals surface area contributed by atoms with Crippen LogP contribution in [-0.2, 0) is 14.3 Å². The molecule has 0 saturated heterocycles. The summed E-state index contributed by atoms with van der Waals surface area (Å²) >= 11 is 0. The molecule has 4 nitrogen and oxygen atoms in total. The summed E-state index contributed by atoms with van der Waals surface area (Å²) in [5, 5.41) is 8.86. The number of hydrogen-bond donors (Lipinski definition) is 1. The molecule has 3 fully saturated rings. The molecular weight excluding hydrogens is 460 g/mol. The Hall–Kier alpha value is -1.32. The number of fused-ring (bicyclic) bond motifs is 5. The topological polar surface area (TPSA) is 63.6 Å². The Bertz CT molecular complexity index is 860. The van der Waals surface area contributed by atoms with Crippen LogP contribution in [0.5, 0.6) is 0 Å². The van der Waals surface area contributed by atoms with Crippen LogP contribution in [0.2, 0.25) is 0 Å². The van der Waals surface area contributed by atoms with Crippen molar-refractivity contribution in [2.45, 2.75) is 131 Å². The fourth-order valence-corrected chi connectivity index (χ4v) is 9.84. The number of carboxylic acid groups (broad SMARTS) is 1. The second-order valence-electron chi connectivity index (χ2n) is 14.2. The lowest BCUT2D eigenvalue weighted by Crippen LogP contribution is -2.51. The lowest BCUT2D eigenvalue weighted by Gasteiger charge is -2.58. The number of carbonyl (C=O) groups excluding carboxylic acids is 1. The molecule has 4 rings (SSSR count). The number of hydrogen-bond acceptors (Lipinski definition) is 3. The van der Waals surface area contributed by atoms with Gasteiger partial charge < -0.3 is 9.84 Å². The quantitative estimate of drug-likeness (QED) is 0.235. The molecule has 0 spiro atoms. The molecule has 9 atom stereocenters. The van der Waals surface area contributed by atoms with E-state index in [1.165, 1.54) is 56.9 Å². The van der Waals surface area contributed by atoms with Crippen molar-refractivity contribution < 1.29 is 19.4 Å². The van der Waals surface area contributed by atoms with Crippen molar-refractivity contribution in [1.82, 2.24) is 0 Å². The van der Waals surface area contributed by atoms with E-state index in [0.717, 1.165) is 60.7 Å². The van der Waals surface area contributed by atoms with E-state index < -0.39 is 5.97 Å². The zero-order valence-corrected chi connectivity index (χ0v) is 24.6. The van der Waals surface area contributed by atoms with E-state index >= 15 is 0 Å². The minimum atomic E-state index is -0.942. The van der Waals surface area contributed by atoms with Crippen molar-refractivity contribution in [2.75, 3.05) is 0 Å². The SMILES string of the molecule is CC[C@H](CC[C@@H](C)[C@H]1CC[C@H]2[C@@H]3CC=C4C[C@@H](OC(=O)CCC(=O)O)CC[C@]4(C)[C@H]3CC[C@]12C)C(C)C. The van der Waals surface area contributed by atoms with Gasteiger partial charge in [-0.25, -0.2) is 0 Å². The molecule has 0 aromatic heterocycles. The summed E-state index contributed by atoms with van der Waals surface area (Å²) in [6.07, 6.45) is 16.0. The smallest absolute Gasteiger partial charge is 0.306 e. The predicted octanol–water partition coefficient (Wildman–Crippen LogP) is 8.44. The summed E-state index contributed by atoms with van der Waals surface area (Å²) in [4.78, 5) is 23.0. The molecule has 0 aromatic carbocycles. The summed E-state index contributed by atoms with van der Waals surface area (Å²) in [5.74, 6) is 4.49. The van der Waals surface area contributed by atoms with E-state index in [2.05, 4.69) is 47.6 Å². The highest BCUT2D eigenvalue weighted by atomic mass is 16.5. The molecule has 1 N–H and O–H groups in total. The summed E-state index contributed by atoms with van der Waals surface area (Å²) < 4.78 is 5.72. The van der Waals surface area contributed by atoms with Crippen LogP contribution in [0.4, 0.5) is 0 Å². The first-order valence-electron chi connectivity index (χ1n) is 15.6. The summed E-state index contributed by atoms with van der Waals surface area (Å²) in [5.41, 5.74) is 2.25. The number of ether oxygens (including phenoxy) is 1. The van der Waals surface area contributed by atoms with Gasteiger partial charge in [-0.3, -0.25) is 9.59 Å². The van der Waals surface area contributed by atoms with Crippen molar-refractivity contribution in [1.29, 1.82) is 0 Å². The van der Waals surface area contributed by atoms with Crippen molar-refractivity contribution in [3.05, 3.63) is 11.6 Å². The number of esters is 1. The van der Waals surface area contributed by atoms with Gasteiger partial charge >= 0.3 is 11.9 Å². The Morgan fingerprint density at radius 2 is 1.78 bits per heavy atom. The average molecular weight is 515 g/mol. The van der Waals surface area contributed by atoms with E-state index in [1.807, 2.05) is 0 Å². The second kappa shape index (κ2) is 11.4. The highest BCUT2D eigenvalue weighted by Crippen LogP contribution is 2.67. The fourth-order valence-electron chi connectivity index (χ4n) is 9.84. The van der Waals surface area contributed by atoms with E-state index in [4.69, 9.17) is 9.84 Å². The van der Waals surface area contributed by atoms with Crippen LogP contribution in [0.25, 0.3) is 0 Å². The molecule has 4 heteroatoms. The van der Waals surface area contributed by atoms with E-state index in [-0.39, 0.29) is 30.3 Å². The van der Waals surface area contributed by atoms with Gasteiger partial charge in [0, 0.05) is 6.42 Å². The first-order valence-corrected chi connectivity index (χ1v) is 15.6. The average Bonchev–Trinajstić information content (AvgIpc) is 3.20. The maximum Gasteiger partial charge on any atom is 0.306 e. The molecule has 37 heavy (non-hydrogen) atoms. The standard InChI is InChI=1S/C33H54O4/c1-7-23(21(2)3)9-8-22(4)27-12-13-28-26-11-10-24-20-25(37-31(36)15-14-30(34)35)16-18-32(24,5)29(26)17-19-33(27,28)6/h10,21-23,25-29H,7-9,11-20H2,1-6H3,(H,34,35)/t22-,23-,25+,26+,27-,28+,29+,32+,33-/m1/s1. The third-order valence-electron chi connectivity index (χ3n) is 12.1. The summed E-state index contributed by atoms with van der Waals surface area (Å²) in [6, 6.07) is 0. The van der Waals surface area contributed by atoms with Gasteiger partial charge in [0.15, 0.2) is 0 Å². The van der Waals surface area contributed by atoms with Gasteiger partial charge in [-0.1, -0.05) is 66.0 Å². The number of aliphatic carboxylic acids is 1. The summed E-state index contributed by atoms with van der Waals surface area (Å²) in [7, 11) is 0. The summed E-state index contributed by atoms with van der Waals surface area (Å²) in [6.45, 7) is 14.9. The lowest BCUT2D eigenvalue weighted by atomic mass is 9.47. The monoisotopic (exact) mass is 514 g/mol. The normalized spacial score (nSPS) is 38.7. The lowest BCUT2D eigenvalue weighted by molar-refractivity contribution is -0.154. The molecule has 0 amide bonds. The molecule has 0 radical (unpaired) electrons. The van der Waals surface area contributed by atoms with Gasteiger partial charge in [0.2, 0.25) is 0 Å². The largest absolute Gasteiger partial charge is 0.481 e. The van der Waals surface area contributed by atoms with Crippen LogP contribution in [0.3, 0.4) is 0 Å². The predicted molar refractivity (Wildman–Crippen MR) is 149 cm³/mol. The number of carboxylic acids is 1. The van der Waals surface area contributed by atoms with E-state index in [9.17, 15) is 9.59 Å². The Labute approximate surface area is 226 Å². The number of allylic oxidation sites excluding steroid dienone is 1. The first kappa shape index (κ1) is 28.7. The highest BCUT2D eigenvalue weighted by Gasteiger charge is 2.59. The maximum atomic E-state index is 12.2. The van der Waals surface area contributed by atoms with Gasteiger partial charge in [-0.15, -0.1) is 0 Å². The zero-order valence-electron chi connectivity index (χ0n) is 24.6. The molecule has 0 aromatic rings. The van der Waals surface area contributed by atoms with Crippen LogP contribution in [-0.4, -0.2) is 23.1 Å². The minimum Gasteiger partial charge on any atom is -0.481 e. The molecule has 0 heterocycles. The molecule has 0 unspecified atom stereocenters. The first-order chi connectivity index (χ1) is 17.5. The molecular formula is C33H54O4. The maximum absolute atomic E-state index is 12.2. The van der Waals surface area contributed by atoms with Gasteiger partial charge in [0.05, 0.1) is 12.8 Å². The third-order valence-corrected chi connectivity index (χ3v) is 12.1. The van der Waals surface area contributed by atoms with Crippen LogP contribution in [0, 0.1) is 52.3 Å². The molecule has 3 saturated carbocycles. The second-order valence-corrected chi connectivity index (χ2v) is 14.2. The van der Waals surface area contributed by atoms with E-state index in [1.54, 1.807) is 0 Å². The van der Waals surface area contributed by atoms with Gasteiger partial charge in [0.25, 0.3) is 0 Å². The number of rotatable bonds is 10. The molecule has 4 aliphatic rings. The van der Waals surface area contributed by atoms with E-state index in [0.29, 0.717) is 5.41 Å². The Balaban J connectivity index is 1.40. The fraction of sp³-hybridized carbons (Fsp3) is 0.879. The van der Waals surface area contributed by atoms with Crippen LogP contribution < -0.4 is 0 Å². The van der Waals surface area contributed by atoms with Gasteiger partial charge in [-0.2, -0.15) is 0 Å². The van der Waals surface area contributed by atoms with Gasteiger partial charge in [0.1, 0.15) is 6.10 Å². The number of carbonyl (C=O) groups is 2. The molecule has 210 valence electrons. The Kier molecular flexibility index (Phi) is 8.86. The van der Waals surface area contributed by atoms with Crippen LogP contribution in [0.15, 0.2) is 11.6 Å². The molecule has 0 aliphatic heterocycles. The van der Waals surface area contributed by atoms with Gasteiger partial charge in [-0.05, 0) is 104 Å². The molecule has 0 bridgehead atoms. The van der Waals surface area contributed by atoms with Crippen molar-refractivity contribution in [3.8, 4) is 0 Å². The van der Waals surface area contributed by atoms with Crippen LogP contribution in [0.1, 0.15) is 125 Å². The Morgan fingerprint density at radius 1 is 1.03 bits per heavy atom.